The predicted molar refractivity (Wildman–Crippen MR) is 129 cm³/mol. The summed E-state index contributed by atoms with van der Waals surface area (Å²) in [5, 5.41) is 2.95. The number of aromatic nitrogens is 2. The van der Waals surface area contributed by atoms with Crippen LogP contribution in [0.4, 0.5) is 14.6 Å². The number of carbonyl (C=O) groups excluding carboxylic acids is 1. The number of anilines is 1. The first-order valence-electron chi connectivity index (χ1n) is 10.7. The number of halogens is 2. The van der Waals surface area contributed by atoms with E-state index in [9.17, 15) is 18.4 Å². The smallest absolute Gasteiger partial charge is 0.257 e. The SMILES string of the molecule is Cc1cccc(C)c1CNC(=O)c1cn(-c2ccc(F)cc2F)c2nc(N(C)C)ccc2c1=O. The molecule has 0 saturated heterocycles. The van der Waals surface area contributed by atoms with Gasteiger partial charge in [-0.15, -0.1) is 0 Å². The van der Waals surface area contributed by atoms with Gasteiger partial charge in [-0.25, -0.2) is 13.8 Å². The van der Waals surface area contributed by atoms with Crippen molar-refractivity contribution in [2.75, 3.05) is 19.0 Å². The molecule has 6 nitrogen and oxygen atoms in total. The van der Waals surface area contributed by atoms with Crippen molar-refractivity contribution >= 4 is 22.8 Å². The molecule has 0 aliphatic rings. The Balaban J connectivity index is 1.86. The molecule has 0 radical (unpaired) electrons. The molecule has 0 aliphatic carbocycles. The maximum atomic E-state index is 14.7. The summed E-state index contributed by atoms with van der Waals surface area (Å²) in [6.07, 6.45) is 1.26. The van der Waals surface area contributed by atoms with E-state index in [2.05, 4.69) is 10.3 Å². The number of rotatable bonds is 5. The van der Waals surface area contributed by atoms with Gasteiger partial charge in [0.1, 0.15) is 23.0 Å². The van der Waals surface area contributed by atoms with Crippen LogP contribution in [0.15, 0.2) is 59.5 Å². The molecule has 0 saturated carbocycles. The molecule has 0 aliphatic heterocycles. The summed E-state index contributed by atoms with van der Waals surface area (Å²) in [7, 11) is 3.56. The molecule has 2 aromatic carbocycles. The van der Waals surface area contributed by atoms with Gasteiger partial charge < -0.3 is 10.2 Å². The number of aryl methyl sites for hydroxylation is 2. The van der Waals surface area contributed by atoms with Gasteiger partial charge in [-0.05, 0) is 54.8 Å². The van der Waals surface area contributed by atoms with Crippen molar-refractivity contribution in [3.8, 4) is 5.69 Å². The van der Waals surface area contributed by atoms with E-state index in [1.165, 1.54) is 16.8 Å². The number of fused-ring (bicyclic) bond motifs is 1. The number of carbonyl (C=O) groups is 1. The van der Waals surface area contributed by atoms with Crippen LogP contribution in [-0.2, 0) is 6.54 Å². The molecule has 4 aromatic rings. The fourth-order valence-corrected chi connectivity index (χ4v) is 3.86. The second-order valence-corrected chi connectivity index (χ2v) is 8.33. The highest BCUT2D eigenvalue weighted by atomic mass is 19.1. The van der Waals surface area contributed by atoms with Gasteiger partial charge in [-0.2, -0.15) is 0 Å². The number of hydrogen-bond donors (Lipinski definition) is 1. The van der Waals surface area contributed by atoms with Crippen LogP contribution in [0.3, 0.4) is 0 Å². The molecule has 2 heterocycles. The van der Waals surface area contributed by atoms with Gasteiger partial charge in [0.15, 0.2) is 5.65 Å². The molecule has 1 amide bonds. The fourth-order valence-electron chi connectivity index (χ4n) is 3.86. The van der Waals surface area contributed by atoms with E-state index in [1.54, 1.807) is 31.1 Å². The molecular weight excluding hydrogens is 438 g/mol. The lowest BCUT2D eigenvalue weighted by atomic mass is 10.0. The van der Waals surface area contributed by atoms with E-state index in [0.717, 1.165) is 28.8 Å². The maximum Gasteiger partial charge on any atom is 0.257 e. The minimum atomic E-state index is -0.844. The molecule has 0 fully saturated rings. The Bertz CT molecular complexity index is 1460. The van der Waals surface area contributed by atoms with E-state index in [4.69, 9.17) is 0 Å². The lowest BCUT2D eigenvalue weighted by Crippen LogP contribution is -2.30. The second-order valence-electron chi connectivity index (χ2n) is 8.33. The topological polar surface area (TPSA) is 67.2 Å². The summed E-state index contributed by atoms with van der Waals surface area (Å²) in [6, 6.07) is 12.1. The van der Waals surface area contributed by atoms with Crippen molar-refractivity contribution in [1.29, 1.82) is 0 Å². The Morgan fingerprint density at radius 2 is 1.76 bits per heavy atom. The van der Waals surface area contributed by atoms with Gasteiger partial charge in [0.05, 0.1) is 11.1 Å². The zero-order valence-electron chi connectivity index (χ0n) is 19.3. The lowest BCUT2D eigenvalue weighted by Gasteiger charge is -2.17. The Morgan fingerprint density at radius 3 is 2.41 bits per heavy atom. The normalized spacial score (nSPS) is 11.0. The lowest BCUT2D eigenvalue weighted by molar-refractivity contribution is 0.0949. The highest BCUT2D eigenvalue weighted by molar-refractivity contribution is 5.97. The molecule has 34 heavy (non-hydrogen) atoms. The van der Waals surface area contributed by atoms with Crippen LogP contribution in [0, 0.1) is 25.5 Å². The number of benzene rings is 2. The number of nitrogens with one attached hydrogen (secondary N) is 1. The third-order valence-corrected chi connectivity index (χ3v) is 5.78. The summed E-state index contributed by atoms with van der Waals surface area (Å²) in [4.78, 5) is 32.6. The van der Waals surface area contributed by atoms with Crippen molar-refractivity contribution in [2.45, 2.75) is 20.4 Å². The average molecular weight is 463 g/mol. The van der Waals surface area contributed by atoms with Gasteiger partial charge in [0.25, 0.3) is 5.91 Å². The van der Waals surface area contributed by atoms with Crippen LogP contribution in [0.1, 0.15) is 27.0 Å². The molecule has 0 bridgehead atoms. The molecule has 4 rings (SSSR count). The van der Waals surface area contributed by atoms with Crippen LogP contribution in [0.25, 0.3) is 16.7 Å². The molecule has 0 unspecified atom stereocenters. The molecule has 0 spiro atoms. The van der Waals surface area contributed by atoms with E-state index in [1.807, 2.05) is 32.0 Å². The number of pyridine rings is 2. The zero-order chi connectivity index (χ0) is 24.6. The molecule has 1 N–H and O–H groups in total. The first-order chi connectivity index (χ1) is 16.2. The van der Waals surface area contributed by atoms with Crippen LogP contribution in [0.2, 0.25) is 0 Å². The standard InChI is InChI=1S/C26H24F2N4O2/c1-15-6-5-7-16(2)19(15)13-29-26(34)20-14-32(22-10-8-17(27)12-21(22)28)25-18(24(20)33)9-11-23(30-25)31(3)4/h5-12,14H,13H2,1-4H3,(H,29,34). The van der Waals surface area contributed by atoms with E-state index >= 15 is 0 Å². The third kappa shape index (κ3) is 4.26. The van der Waals surface area contributed by atoms with E-state index in [0.29, 0.717) is 5.82 Å². The van der Waals surface area contributed by atoms with Gasteiger partial charge in [0.2, 0.25) is 5.43 Å². The zero-order valence-corrected chi connectivity index (χ0v) is 19.3. The van der Waals surface area contributed by atoms with Crippen molar-refractivity contribution < 1.29 is 13.6 Å². The number of hydrogen-bond acceptors (Lipinski definition) is 4. The highest BCUT2D eigenvalue weighted by Crippen LogP contribution is 2.22. The molecular formula is C26H24F2N4O2. The summed E-state index contributed by atoms with van der Waals surface area (Å²) >= 11 is 0. The summed E-state index contributed by atoms with van der Waals surface area (Å²) in [5.74, 6) is -1.64. The summed E-state index contributed by atoms with van der Waals surface area (Å²) in [5.41, 5.74) is 2.44. The van der Waals surface area contributed by atoms with E-state index in [-0.39, 0.29) is 28.8 Å². The number of nitrogens with zero attached hydrogens (tertiary/aromatic N) is 3. The Hall–Kier alpha value is -4.07. The molecule has 2 aromatic heterocycles. The van der Waals surface area contributed by atoms with Crippen molar-refractivity contribution in [3.63, 3.8) is 0 Å². The van der Waals surface area contributed by atoms with Crippen LogP contribution < -0.4 is 15.6 Å². The van der Waals surface area contributed by atoms with Gasteiger partial charge in [-0.3, -0.25) is 14.2 Å². The Labute approximate surface area is 195 Å². The van der Waals surface area contributed by atoms with Gasteiger partial charge in [0, 0.05) is 32.9 Å². The predicted octanol–water partition coefficient (Wildman–Crippen LogP) is 4.28. The quantitative estimate of drug-likeness (QED) is 0.481. The molecule has 0 atom stereocenters. The van der Waals surface area contributed by atoms with Gasteiger partial charge in [-0.1, -0.05) is 18.2 Å². The van der Waals surface area contributed by atoms with Crippen molar-refractivity contribution in [1.82, 2.24) is 14.9 Å². The third-order valence-electron chi connectivity index (χ3n) is 5.78. The highest BCUT2D eigenvalue weighted by Gasteiger charge is 2.20. The van der Waals surface area contributed by atoms with Gasteiger partial charge >= 0.3 is 0 Å². The summed E-state index contributed by atoms with van der Waals surface area (Å²) in [6.45, 7) is 4.13. The largest absolute Gasteiger partial charge is 0.363 e. The van der Waals surface area contributed by atoms with Crippen molar-refractivity contribution in [3.05, 3.63) is 98.8 Å². The minimum Gasteiger partial charge on any atom is -0.363 e. The first-order valence-corrected chi connectivity index (χ1v) is 10.7. The van der Waals surface area contributed by atoms with Crippen LogP contribution in [0.5, 0.6) is 0 Å². The maximum absolute atomic E-state index is 14.7. The minimum absolute atomic E-state index is 0.0291. The fraction of sp³-hybridized carbons (Fsp3) is 0.192. The second kappa shape index (κ2) is 9.05. The molecule has 174 valence electrons. The van der Waals surface area contributed by atoms with Crippen LogP contribution in [-0.4, -0.2) is 29.6 Å². The monoisotopic (exact) mass is 462 g/mol. The number of amides is 1. The average Bonchev–Trinajstić information content (AvgIpc) is 2.79. The molecule has 8 heteroatoms. The van der Waals surface area contributed by atoms with Crippen LogP contribution >= 0.6 is 0 Å². The summed E-state index contributed by atoms with van der Waals surface area (Å²) < 4.78 is 29.6. The Morgan fingerprint density at radius 1 is 1.06 bits per heavy atom. The van der Waals surface area contributed by atoms with Crippen molar-refractivity contribution in [2.24, 2.45) is 0 Å². The first kappa shape index (κ1) is 23.1. The Kier molecular flexibility index (Phi) is 6.15. The van der Waals surface area contributed by atoms with E-state index < -0.39 is 23.0 Å².